The molecule has 7 heteroatoms. The number of aryl methyl sites for hydroxylation is 2. The molecule has 0 aliphatic heterocycles. The Morgan fingerprint density at radius 2 is 1.92 bits per heavy atom. The van der Waals surface area contributed by atoms with Crippen LogP contribution in [0.4, 0.5) is 0 Å². The number of fused-ring (bicyclic) bond motifs is 1. The van der Waals surface area contributed by atoms with Gasteiger partial charge in [-0.3, -0.25) is 4.79 Å². The first kappa shape index (κ1) is 16.8. The molecule has 3 rings (SSSR count). The van der Waals surface area contributed by atoms with Crippen molar-refractivity contribution in [3.63, 3.8) is 0 Å². The second kappa shape index (κ2) is 6.80. The Hall–Kier alpha value is -3.09. The molecule has 0 aliphatic carbocycles. The second-order valence-corrected chi connectivity index (χ2v) is 6.21. The van der Waals surface area contributed by atoms with Gasteiger partial charge in [0.2, 0.25) is 5.82 Å². The summed E-state index contributed by atoms with van der Waals surface area (Å²) in [4.78, 5) is 20.6. The van der Waals surface area contributed by atoms with Gasteiger partial charge in [-0.1, -0.05) is 38.1 Å². The minimum Gasteiger partial charge on any atom is -0.264 e. The zero-order valence-corrected chi connectivity index (χ0v) is 14.7. The smallest absolute Gasteiger partial charge is 0.264 e. The maximum absolute atomic E-state index is 12.2. The third kappa shape index (κ3) is 3.71. The molecule has 0 fully saturated rings. The maximum atomic E-state index is 12.2. The zero-order chi connectivity index (χ0) is 18.0. The number of benzene rings is 1. The van der Waals surface area contributed by atoms with Gasteiger partial charge in [-0.2, -0.15) is 10.1 Å². The quantitative estimate of drug-likeness (QED) is 0.586. The molecule has 1 amide bonds. The summed E-state index contributed by atoms with van der Waals surface area (Å²) in [6.45, 7) is 8.04. The van der Waals surface area contributed by atoms with Gasteiger partial charge in [-0.25, -0.2) is 14.9 Å². The van der Waals surface area contributed by atoms with Gasteiger partial charge in [-0.05, 0) is 37.0 Å². The number of aromatic nitrogens is 4. The minimum atomic E-state index is -0.474. The number of nitrogens with zero attached hydrogens (tertiary/aromatic N) is 5. The molecular weight excluding hydrogens is 316 g/mol. The number of carbonyl (C=O) groups excluding carboxylic acids is 1. The van der Waals surface area contributed by atoms with E-state index >= 15 is 0 Å². The van der Waals surface area contributed by atoms with Gasteiger partial charge in [0, 0.05) is 11.4 Å². The molecular formula is C18H20N6O. The van der Waals surface area contributed by atoms with E-state index in [0.717, 1.165) is 17.0 Å². The topological polar surface area (TPSA) is 84.5 Å². The van der Waals surface area contributed by atoms with E-state index in [4.69, 9.17) is 0 Å². The minimum absolute atomic E-state index is 0.0357. The molecule has 7 nitrogen and oxygen atoms in total. The predicted molar refractivity (Wildman–Crippen MR) is 95.8 cm³/mol. The molecule has 128 valence electrons. The molecule has 0 aliphatic rings. The monoisotopic (exact) mass is 336 g/mol. The molecule has 2 heterocycles. The van der Waals surface area contributed by atoms with Crippen LogP contribution in [0.1, 0.15) is 52.9 Å². The summed E-state index contributed by atoms with van der Waals surface area (Å²) in [7, 11) is 0. The molecule has 0 spiro atoms. The second-order valence-electron chi connectivity index (χ2n) is 6.21. The van der Waals surface area contributed by atoms with Crippen molar-refractivity contribution in [1.82, 2.24) is 25.0 Å². The van der Waals surface area contributed by atoms with Crippen molar-refractivity contribution in [2.24, 2.45) is 5.10 Å². The van der Waals surface area contributed by atoms with Crippen LogP contribution in [0.5, 0.6) is 0 Å². The fourth-order valence-electron chi connectivity index (χ4n) is 2.44. The zero-order valence-electron chi connectivity index (χ0n) is 14.7. The Balaban J connectivity index is 1.71. The van der Waals surface area contributed by atoms with Crippen LogP contribution in [0.2, 0.25) is 0 Å². The van der Waals surface area contributed by atoms with E-state index in [1.165, 1.54) is 10.1 Å². The van der Waals surface area contributed by atoms with Crippen LogP contribution in [-0.4, -0.2) is 31.7 Å². The summed E-state index contributed by atoms with van der Waals surface area (Å²) >= 11 is 0. The molecule has 3 aromatic rings. The summed E-state index contributed by atoms with van der Waals surface area (Å²) in [5, 5.41) is 8.14. The molecule has 0 radical (unpaired) electrons. The number of carbonyl (C=O) groups is 1. The summed E-state index contributed by atoms with van der Waals surface area (Å²) in [5.74, 6) is 0.439. The lowest BCUT2D eigenvalue weighted by Crippen LogP contribution is -2.19. The van der Waals surface area contributed by atoms with Crippen molar-refractivity contribution in [1.29, 1.82) is 0 Å². The summed E-state index contributed by atoms with van der Waals surface area (Å²) in [6.07, 6.45) is 1.59. The molecule has 0 saturated heterocycles. The van der Waals surface area contributed by atoms with Gasteiger partial charge in [-0.15, -0.1) is 5.10 Å². The summed E-state index contributed by atoms with van der Waals surface area (Å²) in [6, 6.07) is 9.90. The number of amides is 1. The van der Waals surface area contributed by atoms with Crippen molar-refractivity contribution in [3.8, 4) is 0 Å². The molecule has 1 aromatic carbocycles. The molecule has 0 atom stereocenters. The van der Waals surface area contributed by atoms with E-state index in [1.807, 2.05) is 44.2 Å². The third-order valence-corrected chi connectivity index (χ3v) is 3.80. The van der Waals surface area contributed by atoms with Crippen molar-refractivity contribution in [2.45, 2.75) is 33.6 Å². The van der Waals surface area contributed by atoms with Gasteiger partial charge < -0.3 is 0 Å². The Morgan fingerprint density at radius 3 is 2.60 bits per heavy atom. The van der Waals surface area contributed by atoms with E-state index in [9.17, 15) is 4.79 Å². The Bertz CT molecular complexity index is 940. The number of nitrogens with one attached hydrogen (secondary N) is 1. The highest BCUT2D eigenvalue weighted by Crippen LogP contribution is 2.13. The predicted octanol–water partition coefficient (Wildman–Crippen LogP) is 2.63. The van der Waals surface area contributed by atoms with Crippen LogP contribution in [0, 0.1) is 13.8 Å². The largest absolute Gasteiger partial charge is 0.311 e. The average molecular weight is 336 g/mol. The SMILES string of the molecule is Cc1cc(C)n2nc(C(=O)N/N=C\c3ccc(C(C)C)cc3)nc2n1. The van der Waals surface area contributed by atoms with Gasteiger partial charge in [0.1, 0.15) is 0 Å². The molecule has 0 unspecified atom stereocenters. The summed E-state index contributed by atoms with van der Waals surface area (Å²) < 4.78 is 1.54. The van der Waals surface area contributed by atoms with Crippen LogP contribution in [0.3, 0.4) is 0 Å². The number of hydrogen-bond donors (Lipinski definition) is 1. The lowest BCUT2D eigenvalue weighted by molar-refractivity contribution is 0.0945. The van der Waals surface area contributed by atoms with E-state index in [-0.39, 0.29) is 5.82 Å². The Morgan fingerprint density at radius 1 is 1.20 bits per heavy atom. The fraction of sp³-hybridized carbons (Fsp3) is 0.278. The summed E-state index contributed by atoms with van der Waals surface area (Å²) in [5.41, 5.74) is 6.30. The first-order valence-corrected chi connectivity index (χ1v) is 8.08. The lowest BCUT2D eigenvalue weighted by atomic mass is 10.0. The molecule has 25 heavy (non-hydrogen) atoms. The van der Waals surface area contributed by atoms with Crippen LogP contribution in [0.25, 0.3) is 5.78 Å². The third-order valence-electron chi connectivity index (χ3n) is 3.80. The van der Waals surface area contributed by atoms with Gasteiger partial charge in [0.25, 0.3) is 5.78 Å². The van der Waals surface area contributed by atoms with Crippen LogP contribution in [-0.2, 0) is 0 Å². The highest BCUT2D eigenvalue weighted by Gasteiger charge is 2.14. The average Bonchev–Trinajstić information content (AvgIpc) is 2.99. The van der Waals surface area contributed by atoms with Crippen molar-refractivity contribution in [2.75, 3.05) is 0 Å². The fourth-order valence-corrected chi connectivity index (χ4v) is 2.44. The van der Waals surface area contributed by atoms with Crippen molar-refractivity contribution in [3.05, 3.63) is 58.7 Å². The number of rotatable bonds is 4. The van der Waals surface area contributed by atoms with Crippen LogP contribution < -0.4 is 5.43 Å². The van der Waals surface area contributed by atoms with E-state index in [2.05, 4.69) is 39.4 Å². The Labute approximate surface area is 145 Å². The van der Waals surface area contributed by atoms with Crippen LogP contribution >= 0.6 is 0 Å². The number of hydrazone groups is 1. The molecule has 0 saturated carbocycles. The van der Waals surface area contributed by atoms with E-state index in [1.54, 1.807) is 6.21 Å². The van der Waals surface area contributed by atoms with Gasteiger partial charge in [0.15, 0.2) is 0 Å². The standard InChI is InChI=1S/C18H20N6O/c1-11(2)15-7-5-14(6-8-15)10-19-22-17(25)16-21-18-20-12(3)9-13(4)24(18)23-16/h5-11H,1-4H3,(H,22,25)/b19-10-. The van der Waals surface area contributed by atoms with Crippen molar-refractivity contribution < 1.29 is 4.79 Å². The molecule has 0 bridgehead atoms. The molecule has 1 N–H and O–H groups in total. The maximum Gasteiger partial charge on any atom is 0.311 e. The van der Waals surface area contributed by atoms with E-state index in [0.29, 0.717) is 11.7 Å². The van der Waals surface area contributed by atoms with Crippen molar-refractivity contribution >= 4 is 17.9 Å². The number of hydrogen-bond acceptors (Lipinski definition) is 5. The Kier molecular flexibility index (Phi) is 4.56. The first-order chi connectivity index (χ1) is 11.9. The normalized spacial score (nSPS) is 11.6. The molecule has 2 aromatic heterocycles. The first-order valence-electron chi connectivity index (χ1n) is 8.08. The van der Waals surface area contributed by atoms with E-state index < -0.39 is 5.91 Å². The highest BCUT2D eigenvalue weighted by molar-refractivity contribution is 5.91. The van der Waals surface area contributed by atoms with Gasteiger partial charge in [0.05, 0.1) is 6.21 Å². The van der Waals surface area contributed by atoms with Gasteiger partial charge >= 0.3 is 5.91 Å². The van der Waals surface area contributed by atoms with Crippen LogP contribution in [0.15, 0.2) is 35.4 Å². The lowest BCUT2D eigenvalue weighted by Gasteiger charge is -2.04. The highest BCUT2D eigenvalue weighted by atomic mass is 16.2.